The van der Waals surface area contributed by atoms with Crippen LogP contribution in [0.25, 0.3) is 0 Å². The maximum Gasteiger partial charge on any atom is 0.308 e. The lowest BCUT2D eigenvalue weighted by molar-refractivity contribution is -0.149. The number of hydrogen-bond acceptors (Lipinski definition) is 3. The zero-order chi connectivity index (χ0) is 14.5. The van der Waals surface area contributed by atoms with E-state index in [-0.39, 0.29) is 17.9 Å². The predicted octanol–water partition coefficient (Wildman–Crippen LogP) is 4.18. The Bertz CT molecular complexity index is 476. The van der Waals surface area contributed by atoms with E-state index in [1.54, 1.807) is 0 Å². The molecule has 1 fully saturated rings. The van der Waals surface area contributed by atoms with E-state index >= 15 is 0 Å². The lowest BCUT2D eigenvalue weighted by Gasteiger charge is -2.29. The monoisotopic (exact) mass is 295 g/mol. The highest BCUT2D eigenvalue weighted by atomic mass is 35.5. The fourth-order valence-corrected chi connectivity index (χ4v) is 2.94. The molecular weight excluding hydrogens is 274 g/mol. The van der Waals surface area contributed by atoms with Crippen molar-refractivity contribution in [1.82, 2.24) is 0 Å². The van der Waals surface area contributed by atoms with Crippen molar-refractivity contribution in [2.24, 2.45) is 5.92 Å². The zero-order valence-electron chi connectivity index (χ0n) is 12.1. The molecule has 1 aromatic rings. The summed E-state index contributed by atoms with van der Waals surface area (Å²) in [6.45, 7) is 4.35. The second-order valence-corrected chi connectivity index (χ2v) is 5.85. The first kappa shape index (κ1) is 15.2. The first-order valence-corrected chi connectivity index (χ1v) is 7.67. The molecule has 1 aliphatic rings. The standard InChI is InChI=1S/C16H22ClNO2/c1-3-20-16(19)12-5-4-6-13(10-12)18-15-9-11(2)7-8-14(15)17/h7-9,12-13,18H,3-6,10H2,1-2H3. The van der Waals surface area contributed by atoms with Crippen molar-refractivity contribution in [2.45, 2.75) is 45.6 Å². The van der Waals surface area contributed by atoms with Crippen LogP contribution in [0, 0.1) is 12.8 Å². The SMILES string of the molecule is CCOC(=O)C1CCCC(Nc2cc(C)ccc2Cl)C1. The molecule has 110 valence electrons. The molecule has 0 heterocycles. The van der Waals surface area contributed by atoms with E-state index in [1.807, 2.05) is 26.0 Å². The quantitative estimate of drug-likeness (QED) is 0.847. The van der Waals surface area contributed by atoms with Crippen LogP contribution in [0.5, 0.6) is 0 Å². The topological polar surface area (TPSA) is 38.3 Å². The van der Waals surface area contributed by atoms with Crippen molar-refractivity contribution in [3.8, 4) is 0 Å². The molecule has 2 unspecified atom stereocenters. The molecule has 1 aromatic carbocycles. The average Bonchev–Trinajstić information content (AvgIpc) is 2.43. The van der Waals surface area contributed by atoms with Crippen LogP contribution in [-0.2, 0) is 9.53 Å². The highest BCUT2D eigenvalue weighted by molar-refractivity contribution is 6.33. The van der Waals surface area contributed by atoms with Crippen LogP contribution in [0.1, 0.15) is 38.2 Å². The van der Waals surface area contributed by atoms with Gasteiger partial charge in [0.2, 0.25) is 0 Å². The number of ether oxygens (including phenoxy) is 1. The fraction of sp³-hybridized carbons (Fsp3) is 0.562. The first-order valence-electron chi connectivity index (χ1n) is 7.29. The second kappa shape index (κ2) is 6.98. The molecular formula is C16H22ClNO2. The highest BCUT2D eigenvalue weighted by Gasteiger charge is 2.28. The van der Waals surface area contributed by atoms with Gasteiger partial charge in [0, 0.05) is 6.04 Å². The smallest absolute Gasteiger partial charge is 0.308 e. The van der Waals surface area contributed by atoms with Crippen molar-refractivity contribution in [1.29, 1.82) is 0 Å². The third kappa shape index (κ3) is 3.89. The summed E-state index contributed by atoms with van der Waals surface area (Å²) in [5.74, 6) is -0.0425. The fourth-order valence-electron chi connectivity index (χ4n) is 2.76. The lowest BCUT2D eigenvalue weighted by atomic mass is 9.85. The number of hydrogen-bond donors (Lipinski definition) is 1. The largest absolute Gasteiger partial charge is 0.466 e. The van der Waals surface area contributed by atoms with Crippen LogP contribution < -0.4 is 5.32 Å². The van der Waals surface area contributed by atoms with Gasteiger partial charge in [-0.2, -0.15) is 0 Å². The maximum absolute atomic E-state index is 11.8. The molecule has 0 aromatic heterocycles. The van der Waals surface area contributed by atoms with E-state index in [1.165, 1.54) is 5.56 Å². The number of anilines is 1. The van der Waals surface area contributed by atoms with Crippen molar-refractivity contribution >= 4 is 23.3 Å². The van der Waals surface area contributed by atoms with Crippen LogP contribution >= 0.6 is 11.6 Å². The van der Waals surface area contributed by atoms with Crippen molar-refractivity contribution < 1.29 is 9.53 Å². The Morgan fingerprint density at radius 1 is 1.45 bits per heavy atom. The number of carbonyl (C=O) groups excluding carboxylic acids is 1. The van der Waals surface area contributed by atoms with Crippen LogP contribution in [0.4, 0.5) is 5.69 Å². The first-order chi connectivity index (χ1) is 9.60. The third-order valence-corrected chi connectivity index (χ3v) is 4.11. The van der Waals surface area contributed by atoms with Gasteiger partial charge in [-0.05, 0) is 50.8 Å². The van der Waals surface area contributed by atoms with E-state index in [0.29, 0.717) is 6.61 Å². The van der Waals surface area contributed by atoms with Gasteiger partial charge in [0.1, 0.15) is 0 Å². The van der Waals surface area contributed by atoms with Crippen LogP contribution in [0.3, 0.4) is 0 Å². The Hall–Kier alpha value is -1.22. The molecule has 2 atom stereocenters. The number of carbonyl (C=O) groups is 1. The van der Waals surface area contributed by atoms with Gasteiger partial charge in [-0.3, -0.25) is 4.79 Å². The second-order valence-electron chi connectivity index (χ2n) is 5.44. The molecule has 20 heavy (non-hydrogen) atoms. The molecule has 1 saturated carbocycles. The minimum absolute atomic E-state index is 0.0183. The number of rotatable bonds is 4. The molecule has 0 spiro atoms. The van der Waals surface area contributed by atoms with E-state index < -0.39 is 0 Å². The Labute approximate surface area is 125 Å². The van der Waals surface area contributed by atoms with Gasteiger partial charge in [0.15, 0.2) is 0 Å². The average molecular weight is 296 g/mol. The van der Waals surface area contributed by atoms with E-state index in [0.717, 1.165) is 36.4 Å². The predicted molar refractivity (Wildman–Crippen MR) is 82.2 cm³/mol. The minimum Gasteiger partial charge on any atom is -0.466 e. The van der Waals surface area contributed by atoms with E-state index in [4.69, 9.17) is 16.3 Å². The number of nitrogens with one attached hydrogen (secondary N) is 1. The summed E-state index contributed by atoms with van der Waals surface area (Å²) in [5.41, 5.74) is 2.14. The third-order valence-electron chi connectivity index (χ3n) is 3.78. The van der Waals surface area contributed by atoms with E-state index in [9.17, 15) is 4.79 Å². The maximum atomic E-state index is 11.8. The van der Waals surface area contributed by atoms with Gasteiger partial charge in [0.05, 0.1) is 23.2 Å². The molecule has 0 saturated heterocycles. The lowest BCUT2D eigenvalue weighted by Crippen LogP contribution is -2.32. The zero-order valence-corrected chi connectivity index (χ0v) is 12.9. The molecule has 2 rings (SSSR count). The summed E-state index contributed by atoms with van der Waals surface area (Å²) in [5, 5.41) is 4.21. The summed E-state index contributed by atoms with van der Waals surface area (Å²) in [7, 11) is 0. The highest BCUT2D eigenvalue weighted by Crippen LogP contribution is 2.30. The van der Waals surface area contributed by atoms with Gasteiger partial charge in [-0.15, -0.1) is 0 Å². The molecule has 0 radical (unpaired) electrons. The van der Waals surface area contributed by atoms with Crippen molar-refractivity contribution in [3.05, 3.63) is 28.8 Å². The summed E-state index contributed by atoms with van der Waals surface area (Å²) in [4.78, 5) is 11.8. The van der Waals surface area contributed by atoms with Gasteiger partial charge in [-0.1, -0.05) is 24.1 Å². The summed E-state index contributed by atoms with van der Waals surface area (Å²) in [6.07, 6.45) is 3.87. The molecule has 1 aliphatic carbocycles. The normalized spacial score (nSPS) is 22.4. The van der Waals surface area contributed by atoms with Crippen molar-refractivity contribution in [2.75, 3.05) is 11.9 Å². The van der Waals surface area contributed by atoms with Crippen molar-refractivity contribution in [3.63, 3.8) is 0 Å². The Morgan fingerprint density at radius 3 is 3.00 bits per heavy atom. The van der Waals surface area contributed by atoms with Crippen LogP contribution in [0.15, 0.2) is 18.2 Å². The molecule has 0 amide bonds. The van der Waals surface area contributed by atoms with E-state index in [2.05, 4.69) is 11.4 Å². The van der Waals surface area contributed by atoms with Gasteiger partial charge >= 0.3 is 5.97 Å². The number of aryl methyl sites for hydroxylation is 1. The van der Waals surface area contributed by atoms with Crippen LogP contribution in [0.2, 0.25) is 5.02 Å². The molecule has 4 heteroatoms. The molecule has 1 N–H and O–H groups in total. The van der Waals surface area contributed by atoms with Gasteiger partial charge in [0.25, 0.3) is 0 Å². The molecule has 0 aliphatic heterocycles. The minimum atomic E-state index is -0.0608. The Balaban J connectivity index is 1.99. The molecule has 3 nitrogen and oxygen atoms in total. The number of benzene rings is 1. The molecule has 0 bridgehead atoms. The number of halogens is 1. The number of esters is 1. The van der Waals surface area contributed by atoms with Gasteiger partial charge < -0.3 is 10.1 Å². The van der Waals surface area contributed by atoms with Gasteiger partial charge in [-0.25, -0.2) is 0 Å². The summed E-state index contributed by atoms with van der Waals surface area (Å²) in [6, 6.07) is 6.24. The Kier molecular flexibility index (Phi) is 5.30. The summed E-state index contributed by atoms with van der Waals surface area (Å²) >= 11 is 6.21. The van der Waals surface area contributed by atoms with Crippen LogP contribution in [-0.4, -0.2) is 18.6 Å². The Morgan fingerprint density at radius 2 is 2.25 bits per heavy atom. The summed E-state index contributed by atoms with van der Waals surface area (Å²) < 4.78 is 5.13.